The smallest absolute Gasteiger partial charge is 0.354 e. The third-order valence-electron chi connectivity index (χ3n) is 5.50. The summed E-state index contributed by atoms with van der Waals surface area (Å²) in [5.41, 5.74) is -0.699. The first-order chi connectivity index (χ1) is 15.9. The minimum absolute atomic E-state index is 0.0276. The molecule has 0 aliphatic heterocycles. The highest BCUT2D eigenvalue weighted by atomic mass is 32.1. The van der Waals surface area contributed by atoms with Gasteiger partial charge in [-0.05, 0) is 12.0 Å². The summed E-state index contributed by atoms with van der Waals surface area (Å²) in [5.74, 6) is -1.17. The fourth-order valence-corrected chi connectivity index (χ4v) is 5.02. The number of aromatic nitrogens is 3. The van der Waals surface area contributed by atoms with Crippen LogP contribution in [0.25, 0.3) is 10.2 Å². The fraction of sp³-hybridized carbons (Fsp3) is 0.455. The summed E-state index contributed by atoms with van der Waals surface area (Å²) in [7, 11) is 6.90. The molecule has 0 fully saturated rings. The van der Waals surface area contributed by atoms with Crippen LogP contribution < -0.4 is 11.2 Å². The molecule has 12 heteroatoms. The lowest BCUT2D eigenvalue weighted by molar-refractivity contribution is -0.0756. The Kier molecular flexibility index (Phi) is 7.15. The third-order valence-corrected chi connectivity index (χ3v) is 6.77. The van der Waals surface area contributed by atoms with Crippen molar-refractivity contribution in [2.75, 3.05) is 21.3 Å². The monoisotopic (exact) mass is 492 g/mol. The van der Waals surface area contributed by atoms with E-state index in [9.17, 15) is 24.3 Å². The van der Waals surface area contributed by atoms with Gasteiger partial charge in [-0.1, -0.05) is 13.8 Å². The van der Waals surface area contributed by atoms with Gasteiger partial charge in [0.1, 0.15) is 16.6 Å². The zero-order chi connectivity index (χ0) is 25.5. The second-order valence-electron chi connectivity index (χ2n) is 8.32. The van der Waals surface area contributed by atoms with Crippen molar-refractivity contribution in [2.24, 2.45) is 20.0 Å². The van der Waals surface area contributed by atoms with Crippen molar-refractivity contribution in [3.63, 3.8) is 0 Å². The number of ether oxygens (including phenoxy) is 1. The van der Waals surface area contributed by atoms with Gasteiger partial charge in [0.15, 0.2) is 0 Å². The molecule has 1 amide bonds. The molecule has 0 bridgehead atoms. The largest absolute Gasteiger partial charge is 0.464 e. The zero-order valence-corrected chi connectivity index (χ0v) is 20.9. The molecule has 0 spiro atoms. The van der Waals surface area contributed by atoms with Crippen LogP contribution in [0.2, 0.25) is 0 Å². The van der Waals surface area contributed by atoms with Gasteiger partial charge in [-0.3, -0.25) is 23.6 Å². The molecule has 3 aromatic rings. The van der Waals surface area contributed by atoms with Crippen molar-refractivity contribution < 1.29 is 24.3 Å². The van der Waals surface area contributed by atoms with E-state index in [1.807, 2.05) is 13.8 Å². The van der Waals surface area contributed by atoms with Gasteiger partial charge in [0, 0.05) is 39.4 Å². The number of fused-ring (bicyclic) bond motifs is 1. The average Bonchev–Trinajstić information content (AvgIpc) is 3.39. The molecule has 0 saturated heterocycles. The molecule has 0 aliphatic carbocycles. The summed E-state index contributed by atoms with van der Waals surface area (Å²) in [6, 6.07) is 1.45. The number of thiophene rings is 1. The number of hydrogen-bond acceptors (Lipinski definition) is 8. The second-order valence-corrected chi connectivity index (χ2v) is 9.35. The lowest BCUT2D eigenvalue weighted by Crippen LogP contribution is -2.39. The fourth-order valence-electron chi connectivity index (χ4n) is 3.72. The number of carbonyl (C=O) groups is 2. The van der Waals surface area contributed by atoms with Crippen molar-refractivity contribution in [1.29, 1.82) is 0 Å². The van der Waals surface area contributed by atoms with Gasteiger partial charge in [0.2, 0.25) is 0 Å². The summed E-state index contributed by atoms with van der Waals surface area (Å²) in [4.78, 5) is 56.9. The first kappa shape index (κ1) is 25.4. The van der Waals surface area contributed by atoms with Crippen molar-refractivity contribution >= 4 is 33.4 Å². The van der Waals surface area contributed by atoms with Gasteiger partial charge in [0.05, 0.1) is 30.0 Å². The Morgan fingerprint density at radius 2 is 1.85 bits per heavy atom. The Morgan fingerprint density at radius 3 is 2.41 bits per heavy atom. The van der Waals surface area contributed by atoms with E-state index in [-0.39, 0.29) is 32.3 Å². The molecule has 1 atom stereocenters. The molecule has 0 radical (unpaired) electrons. The molecule has 0 aromatic carbocycles. The molecule has 0 aliphatic rings. The van der Waals surface area contributed by atoms with E-state index in [0.29, 0.717) is 12.1 Å². The highest BCUT2D eigenvalue weighted by molar-refractivity contribution is 7.19. The average molecular weight is 493 g/mol. The summed E-state index contributed by atoms with van der Waals surface area (Å²) in [5, 5.41) is 12.3. The molecule has 184 valence electrons. The van der Waals surface area contributed by atoms with Crippen LogP contribution in [-0.4, -0.2) is 57.0 Å². The molecular weight excluding hydrogens is 464 g/mol. The van der Waals surface area contributed by atoms with Gasteiger partial charge in [-0.15, -0.1) is 11.3 Å². The molecule has 3 aromatic heterocycles. The van der Waals surface area contributed by atoms with Crippen LogP contribution in [-0.2, 0) is 30.2 Å². The number of hydrogen-bond donors (Lipinski definition) is 1. The van der Waals surface area contributed by atoms with Crippen LogP contribution in [0.4, 0.5) is 0 Å². The summed E-state index contributed by atoms with van der Waals surface area (Å²) in [6.07, 6.45) is 0.174. The summed E-state index contributed by atoms with van der Waals surface area (Å²) >= 11 is 0.989. The maximum atomic E-state index is 13.3. The lowest BCUT2D eigenvalue weighted by Gasteiger charge is -2.16. The maximum absolute atomic E-state index is 13.3. The van der Waals surface area contributed by atoms with E-state index in [1.165, 1.54) is 49.7 Å². The van der Waals surface area contributed by atoms with E-state index in [4.69, 9.17) is 9.57 Å². The minimum Gasteiger partial charge on any atom is -0.464 e. The Hall–Kier alpha value is -3.22. The van der Waals surface area contributed by atoms with Gasteiger partial charge >= 0.3 is 11.7 Å². The van der Waals surface area contributed by atoms with Gasteiger partial charge < -0.3 is 14.4 Å². The van der Waals surface area contributed by atoms with Gasteiger partial charge in [-0.2, -0.15) is 0 Å². The van der Waals surface area contributed by atoms with Crippen LogP contribution in [0.3, 0.4) is 0 Å². The van der Waals surface area contributed by atoms with Crippen molar-refractivity contribution in [2.45, 2.75) is 26.5 Å². The standard InChI is InChI=1S/C22H28N4O7S/c1-11(2)9-26-20-15(18(28)24(4)22(26)31)14(19(29)25(5)33-7)17(34-20)16(27)12-8-13(21(30)32-6)23(3)10-12/h8,10-11,16,27H,9H2,1-7H3. The van der Waals surface area contributed by atoms with Crippen LogP contribution in [0.1, 0.15) is 51.2 Å². The maximum Gasteiger partial charge on any atom is 0.354 e. The van der Waals surface area contributed by atoms with E-state index < -0.39 is 29.2 Å². The van der Waals surface area contributed by atoms with Crippen LogP contribution in [0, 0.1) is 5.92 Å². The number of hydroxylamine groups is 2. The normalized spacial score (nSPS) is 12.4. The third kappa shape index (κ3) is 4.19. The number of amides is 1. The van der Waals surface area contributed by atoms with E-state index in [0.717, 1.165) is 21.0 Å². The number of rotatable bonds is 7. The van der Waals surface area contributed by atoms with Gasteiger partial charge in [0.25, 0.3) is 11.5 Å². The van der Waals surface area contributed by atoms with E-state index in [2.05, 4.69) is 0 Å². The quantitative estimate of drug-likeness (QED) is 0.389. The van der Waals surface area contributed by atoms with Crippen molar-refractivity contribution in [1.82, 2.24) is 18.8 Å². The molecule has 11 nitrogen and oxygen atoms in total. The number of aryl methyl sites for hydroxylation is 1. The van der Waals surface area contributed by atoms with Crippen LogP contribution in [0.15, 0.2) is 21.9 Å². The number of esters is 1. The summed E-state index contributed by atoms with van der Waals surface area (Å²) in [6.45, 7) is 4.16. The molecule has 3 rings (SSSR count). The van der Waals surface area contributed by atoms with E-state index in [1.54, 1.807) is 7.05 Å². The SMILES string of the molecule is COC(=O)c1cc(C(O)c2sc3c(c2C(=O)N(C)OC)c(=O)n(C)c(=O)n3CC(C)C)cn1C. The first-order valence-corrected chi connectivity index (χ1v) is 11.3. The molecule has 1 N–H and O–H groups in total. The topological polar surface area (TPSA) is 125 Å². The van der Waals surface area contributed by atoms with Crippen LogP contribution in [0.5, 0.6) is 0 Å². The number of methoxy groups -OCH3 is 1. The van der Waals surface area contributed by atoms with Crippen molar-refractivity contribution in [3.8, 4) is 0 Å². The Labute approximate surface area is 199 Å². The lowest BCUT2D eigenvalue weighted by atomic mass is 10.0. The zero-order valence-electron chi connectivity index (χ0n) is 20.1. The highest BCUT2D eigenvalue weighted by Gasteiger charge is 2.32. The number of carbonyl (C=O) groups excluding carboxylic acids is 2. The number of aliphatic hydroxyl groups excluding tert-OH is 1. The predicted octanol–water partition coefficient (Wildman–Crippen LogP) is 1.26. The molecule has 0 saturated carbocycles. The second kappa shape index (κ2) is 9.57. The Balaban J connectivity index is 2.39. The van der Waals surface area contributed by atoms with E-state index >= 15 is 0 Å². The molecule has 3 heterocycles. The minimum atomic E-state index is -1.36. The number of nitrogens with zero attached hydrogens (tertiary/aromatic N) is 4. The highest BCUT2D eigenvalue weighted by Crippen LogP contribution is 2.37. The molecular formula is C22H28N4O7S. The Morgan fingerprint density at radius 1 is 1.21 bits per heavy atom. The van der Waals surface area contributed by atoms with Gasteiger partial charge in [-0.25, -0.2) is 14.7 Å². The van der Waals surface area contributed by atoms with Crippen LogP contribution >= 0.6 is 11.3 Å². The molecule has 34 heavy (non-hydrogen) atoms. The predicted molar refractivity (Wildman–Crippen MR) is 126 cm³/mol. The Bertz CT molecular complexity index is 1380. The molecule has 1 unspecified atom stereocenters. The number of aliphatic hydroxyl groups is 1. The summed E-state index contributed by atoms with van der Waals surface area (Å²) < 4.78 is 8.66. The van der Waals surface area contributed by atoms with Crippen molar-refractivity contribution in [3.05, 3.63) is 54.8 Å². The first-order valence-electron chi connectivity index (χ1n) is 10.5.